The SMILES string of the molecule is Cc1cnc(C(=O)NC2COc3cccnc3N(C)C2=O)nc1-c1ccccc1. The van der Waals surface area contributed by atoms with E-state index in [2.05, 4.69) is 20.3 Å². The molecule has 0 spiro atoms. The van der Waals surface area contributed by atoms with Crippen LogP contribution in [-0.4, -0.2) is 46.5 Å². The first kappa shape index (κ1) is 18.5. The third-order valence-electron chi connectivity index (χ3n) is 4.63. The van der Waals surface area contributed by atoms with Crippen LogP contribution in [0.25, 0.3) is 11.3 Å². The number of amides is 2. The zero-order valence-electron chi connectivity index (χ0n) is 16.0. The molecular weight excluding hydrogens is 370 g/mol. The number of anilines is 1. The number of fused-ring (bicyclic) bond motifs is 1. The van der Waals surface area contributed by atoms with Gasteiger partial charge in [-0.25, -0.2) is 15.0 Å². The number of benzene rings is 1. The third kappa shape index (κ3) is 3.64. The number of aromatic nitrogens is 3. The van der Waals surface area contributed by atoms with Gasteiger partial charge in [-0.2, -0.15) is 0 Å². The molecule has 0 bridgehead atoms. The summed E-state index contributed by atoms with van der Waals surface area (Å²) in [7, 11) is 1.60. The predicted octanol–water partition coefficient (Wildman–Crippen LogP) is 2.00. The Morgan fingerprint density at radius 1 is 1.17 bits per heavy atom. The Morgan fingerprint density at radius 2 is 1.97 bits per heavy atom. The summed E-state index contributed by atoms with van der Waals surface area (Å²) in [6.07, 6.45) is 3.18. The van der Waals surface area contributed by atoms with Crippen LogP contribution < -0.4 is 15.0 Å². The fraction of sp³-hybridized carbons (Fsp3) is 0.190. The topological polar surface area (TPSA) is 97.3 Å². The molecule has 2 amide bonds. The van der Waals surface area contributed by atoms with Crippen molar-refractivity contribution < 1.29 is 14.3 Å². The lowest BCUT2D eigenvalue weighted by molar-refractivity contribution is -0.120. The average Bonchev–Trinajstić information content (AvgIpc) is 2.87. The van der Waals surface area contributed by atoms with E-state index in [4.69, 9.17) is 4.74 Å². The molecule has 29 heavy (non-hydrogen) atoms. The third-order valence-corrected chi connectivity index (χ3v) is 4.63. The van der Waals surface area contributed by atoms with Crippen molar-refractivity contribution in [2.45, 2.75) is 13.0 Å². The van der Waals surface area contributed by atoms with Crippen LogP contribution in [0.4, 0.5) is 5.82 Å². The minimum Gasteiger partial charge on any atom is -0.487 e. The van der Waals surface area contributed by atoms with Gasteiger partial charge in [0.25, 0.3) is 11.8 Å². The molecule has 8 nitrogen and oxygen atoms in total. The molecule has 3 heterocycles. The van der Waals surface area contributed by atoms with E-state index in [1.807, 2.05) is 37.3 Å². The molecular formula is C21H19N5O3. The van der Waals surface area contributed by atoms with E-state index in [1.54, 1.807) is 31.6 Å². The Morgan fingerprint density at radius 3 is 2.76 bits per heavy atom. The van der Waals surface area contributed by atoms with Gasteiger partial charge in [0.2, 0.25) is 5.82 Å². The Hall–Kier alpha value is -3.81. The molecule has 8 heteroatoms. The van der Waals surface area contributed by atoms with Crippen molar-refractivity contribution in [2.75, 3.05) is 18.6 Å². The first-order valence-electron chi connectivity index (χ1n) is 9.10. The molecule has 0 saturated heterocycles. The number of rotatable bonds is 3. The second-order valence-electron chi connectivity index (χ2n) is 6.65. The number of nitrogens with zero attached hydrogens (tertiary/aromatic N) is 4. The van der Waals surface area contributed by atoms with E-state index in [-0.39, 0.29) is 18.3 Å². The maximum absolute atomic E-state index is 12.8. The maximum atomic E-state index is 12.8. The first-order valence-corrected chi connectivity index (χ1v) is 9.10. The molecule has 0 radical (unpaired) electrons. The van der Waals surface area contributed by atoms with Crippen molar-refractivity contribution in [1.29, 1.82) is 0 Å². The summed E-state index contributed by atoms with van der Waals surface area (Å²) in [5.41, 5.74) is 2.40. The largest absolute Gasteiger partial charge is 0.487 e. The monoisotopic (exact) mass is 389 g/mol. The summed E-state index contributed by atoms with van der Waals surface area (Å²) in [5, 5.41) is 2.68. The molecule has 0 saturated carbocycles. The van der Waals surface area contributed by atoms with Crippen LogP contribution >= 0.6 is 0 Å². The van der Waals surface area contributed by atoms with Crippen LogP contribution in [0.15, 0.2) is 54.9 Å². The van der Waals surface area contributed by atoms with Crippen molar-refractivity contribution in [3.8, 4) is 17.0 Å². The van der Waals surface area contributed by atoms with Crippen LogP contribution in [0, 0.1) is 6.92 Å². The summed E-state index contributed by atoms with van der Waals surface area (Å²) in [4.78, 5) is 39.6. The summed E-state index contributed by atoms with van der Waals surface area (Å²) in [6, 6.07) is 12.1. The van der Waals surface area contributed by atoms with Gasteiger partial charge in [0, 0.05) is 25.0 Å². The van der Waals surface area contributed by atoms with Crippen LogP contribution in [0.5, 0.6) is 5.75 Å². The number of carbonyl (C=O) groups excluding carboxylic acids is 2. The normalized spacial score (nSPS) is 15.9. The van der Waals surface area contributed by atoms with Gasteiger partial charge < -0.3 is 10.1 Å². The van der Waals surface area contributed by atoms with E-state index in [9.17, 15) is 9.59 Å². The summed E-state index contributed by atoms with van der Waals surface area (Å²) in [6.45, 7) is 1.87. The summed E-state index contributed by atoms with van der Waals surface area (Å²) < 4.78 is 5.67. The minimum atomic E-state index is -0.883. The molecule has 1 aromatic carbocycles. The minimum absolute atomic E-state index is 0.00892. The van der Waals surface area contributed by atoms with Gasteiger partial charge in [0.1, 0.15) is 12.6 Å². The summed E-state index contributed by atoms with van der Waals surface area (Å²) >= 11 is 0. The zero-order valence-corrected chi connectivity index (χ0v) is 16.0. The van der Waals surface area contributed by atoms with Crippen LogP contribution in [0.3, 0.4) is 0 Å². The van der Waals surface area contributed by atoms with Crippen LogP contribution in [0.1, 0.15) is 16.2 Å². The average molecular weight is 389 g/mol. The van der Waals surface area contributed by atoms with Gasteiger partial charge in [-0.05, 0) is 24.6 Å². The quantitative estimate of drug-likeness (QED) is 0.736. The molecule has 4 rings (SSSR count). The fourth-order valence-electron chi connectivity index (χ4n) is 3.10. The molecule has 1 aliphatic rings. The standard InChI is InChI=1S/C21H19N5O3/c1-13-11-23-18(25-17(13)14-7-4-3-5-8-14)20(27)24-15-12-29-16-9-6-10-22-19(16)26(2)21(15)28/h3-11,15H,12H2,1-2H3,(H,24,27). The highest BCUT2D eigenvalue weighted by atomic mass is 16.5. The number of hydrogen-bond donors (Lipinski definition) is 1. The molecule has 1 atom stereocenters. The number of hydrogen-bond acceptors (Lipinski definition) is 6. The van der Waals surface area contributed by atoms with Crippen molar-refractivity contribution in [1.82, 2.24) is 20.3 Å². The van der Waals surface area contributed by atoms with E-state index in [1.165, 1.54) is 4.90 Å². The van der Waals surface area contributed by atoms with E-state index in [0.29, 0.717) is 17.3 Å². The molecule has 3 aromatic rings. The molecule has 1 N–H and O–H groups in total. The highest BCUT2D eigenvalue weighted by Crippen LogP contribution is 2.27. The Bertz CT molecular complexity index is 1070. The molecule has 0 aliphatic carbocycles. The van der Waals surface area contributed by atoms with E-state index >= 15 is 0 Å². The molecule has 0 fully saturated rings. The van der Waals surface area contributed by atoms with Gasteiger partial charge in [0.05, 0.1) is 5.69 Å². The smallest absolute Gasteiger partial charge is 0.289 e. The summed E-state index contributed by atoms with van der Waals surface area (Å²) in [5.74, 6) is 0.0117. The Balaban J connectivity index is 1.56. The van der Waals surface area contributed by atoms with Crippen LogP contribution in [-0.2, 0) is 4.79 Å². The van der Waals surface area contributed by atoms with Crippen molar-refractivity contribution in [3.63, 3.8) is 0 Å². The fourth-order valence-corrected chi connectivity index (χ4v) is 3.10. The number of carbonyl (C=O) groups is 2. The van der Waals surface area contributed by atoms with Crippen LogP contribution in [0.2, 0.25) is 0 Å². The van der Waals surface area contributed by atoms with Gasteiger partial charge >= 0.3 is 0 Å². The lowest BCUT2D eigenvalue weighted by Crippen LogP contribution is -2.49. The highest BCUT2D eigenvalue weighted by molar-refractivity contribution is 6.01. The van der Waals surface area contributed by atoms with Crippen molar-refractivity contribution in [3.05, 3.63) is 66.2 Å². The van der Waals surface area contributed by atoms with Gasteiger partial charge in [-0.1, -0.05) is 30.3 Å². The number of ether oxygens (including phenoxy) is 1. The number of aryl methyl sites for hydroxylation is 1. The van der Waals surface area contributed by atoms with Gasteiger partial charge in [-0.15, -0.1) is 0 Å². The molecule has 146 valence electrons. The zero-order chi connectivity index (χ0) is 20.4. The van der Waals surface area contributed by atoms with Crippen molar-refractivity contribution in [2.24, 2.45) is 0 Å². The second-order valence-corrected chi connectivity index (χ2v) is 6.65. The molecule has 2 aromatic heterocycles. The lowest BCUT2D eigenvalue weighted by Gasteiger charge is -2.19. The van der Waals surface area contributed by atoms with Gasteiger partial charge in [-0.3, -0.25) is 14.5 Å². The number of pyridine rings is 1. The Kier molecular flexibility index (Phi) is 4.90. The van der Waals surface area contributed by atoms with E-state index < -0.39 is 11.9 Å². The number of likely N-dealkylation sites (N-methyl/N-ethyl adjacent to an activating group) is 1. The maximum Gasteiger partial charge on any atom is 0.289 e. The first-order chi connectivity index (χ1) is 14.0. The second kappa shape index (κ2) is 7.67. The Labute approximate surface area is 167 Å². The lowest BCUT2D eigenvalue weighted by atomic mass is 10.1. The van der Waals surface area contributed by atoms with E-state index in [0.717, 1.165) is 11.1 Å². The predicted molar refractivity (Wildman–Crippen MR) is 107 cm³/mol. The highest BCUT2D eigenvalue weighted by Gasteiger charge is 2.32. The molecule has 1 unspecified atom stereocenters. The number of nitrogens with one attached hydrogen (secondary N) is 1. The van der Waals surface area contributed by atoms with Crippen molar-refractivity contribution >= 4 is 17.6 Å². The molecule has 1 aliphatic heterocycles. The van der Waals surface area contributed by atoms with Gasteiger partial charge in [0.15, 0.2) is 11.6 Å².